The number of hydrogen-bond acceptors (Lipinski definition) is 5. The molecule has 0 saturated heterocycles. The van der Waals surface area contributed by atoms with E-state index in [2.05, 4.69) is 10.3 Å². The summed E-state index contributed by atoms with van der Waals surface area (Å²) >= 11 is 6.26. The van der Waals surface area contributed by atoms with Crippen LogP contribution < -0.4 is 5.32 Å². The lowest BCUT2D eigenvalue weighted by atomic mass is 9.70. The van der Waals surface area contributed by atoms with Crippen LogP contribution in [0.15, 0.2) is 59.8 Å². The number of benzene rings is 2. The zero-order valence-corrected chi connectivity index (χ0v) is 20.9. The average molecular weight is 551 g/mol. The Morgan fingerprint density at radius 3 is 2.19 bits per heavy atom. The molecule has 194 valence electrons. The molecule has 2 atom stereocenters. The number of aliphatic hydroxyl groups is 1. The second kappa shape index (κ2) is 9.41. The first-order chi connectivity index (χ1) is 17.5. The average Bonchev–Trinajstić information content (AvgIpc) is 3.04. The second-order valence-electron chi connectivity index (χ2n) is 9.52. The molecule has 3 aromatic rings. The number of fused-ring (bicyclic) bond motifs is 2. The molecule has 0 radical (unpaired) electrons. The van der Waals surface area contributed by atoms with Crippen molar-refractivity contribution in [3.05, 3.63) is 88.5 Å². The standard InChI is InChI=1S/C26H22ClF3N2O4S/c27-20-4-1-14(25(33)32-18-12-21(28)24(30)22(29)13-18)9-23(20)37(35,36)19-10-16-2-3-17(11-19)26(16,34)15-5-7-31-8-6-15/h1,4-9,12-13,16-17,19,34H,2-3,10-11H2,(H,32,33)/t16?,17?,19-,26-. The van der Waals surface area contributed by atoms with Crippen molar-refractivity contribution in [1.29, 1.82) is 0 Å². The Bertz CT molecular complexity index is 1450. The number of carbonyl (C=O) groups is 1. The van der Waals surface area contributed by atoms with Crippen molar-refractivity contribution in [1.82, 2.24) is 4.98 Å². The third-order valence-corrected chi connectivity index (χ3v) is 10.2. The van der Waals surface area contributed by atoms with Crippen molar-refractivity contribution < 1.29 is 31.5 Å². The van der Waals surface area contributed by atoms with Crippen LogP contribution >= 0.6 is 11.6 Å². The van der Waals surface area contributed by atoms with Crippen LogP contribution in [-0.4, -0.2) is 29.7 Å². The van der Waals surface area contributed by atoms with E-state index in [0.29, 0.717) is 25.0 Å². The highest BCUT2D eigenvalue weighted by atomic mass is 35.5. The highest BCUT2D eigenvalue weighted by Gasteiger charge is 2.56. The maximum Gasteiger partial charge on any atom is 0.255 e. The summed E-state index contributed by atoms with van der Waals surface area (Å²) < 4.78 is 67.6. The quantitative estimate of drug-likeness (QED) is 0.423. The Balaban J connectivity index is 1.41. The van der Waals surface area contributed by atoms with E-state index in [1.165, 1.54) is 12.1 Å². The van der Waals surface area contributed by atoms with Gasteiger partial charge in [-0.15, -0.1) is 0 Å². The van der Waals surface area contributed by atoms with E-state index in [1.54, 1.807) is 24.5 Å². The number of rotatable bonds is 5. The van der Waals surface area contributed by atoms with Gasteiger partial charge in [-0.1, -0.05) is 11.6 Å². The van der Waals surface area contributed by atoms with Crippen LogP contribution in [0, 0.1) is 29.3 Å². The van der Waals surface area contributed by atoms with Crippen LogP contribution in [0.1, 0.15) is 41.6 Å². The van der Waals surface area contributed by atoms with Gasteiger partial charge in [0.1, 0.15) is 0 Å². The van der Waals surface area contributed by atoms with E-state index in [9.17, 15) is 31.5 Å². The predicted octanol–water partition coefficient (Wildman–Crippen LogP) is 5.25. The van der Waals surface area contributed by atoms with Crippen LogP contribution in [0.4, 0.5) is 18.9 Å². The number of pyridine rings is 1. The number of aromatic nitrogens is 1. The summed E-state index contributed by atoms with van der Waals surface area (Å²) in [7, 11) is -4.00. The van der Waals surface area contributed by atoms with Gasteiger partial charge in [0.15, 0.2) is 27.3 Å². The summed E-state index contributed by atoms with van der Waals surface area (Å²) in [5.74, 6) is -6.03. The summed E-state index contributed by atoms with van der Waals surface area (Å²) in [6.45, 7) is 0. The maximum absolute atomic E-state index is 13.7. The molecule has 2 fully saturated rings. The Kier molecular flexibility index (Phi) is 6.54. The number of anilines is 1. The molecule has 2 aliphatic carbocycles. The minimum atomic E-state index is -4.00. The monoisotopic (exact) mass is 550 g/mol. The fourth-order valence-corrected chi connectivity index (χ4v) is 8.12. The molecular weight excluding hydrogens is 529 g/mol. The second-order valence-corrected chi connectivity index (χ2v) is 12.1. The lowest BCUT2D eigenvalue weighted by Crippen LogP contribution is -2.45. The van der Waals surface area contributed by atoms with Gasteiger partial charge < -0.3 is 10.4 Å². The van der Waals surface area contributed by atoms with E-state index in [-0.39, 0.29) is 45.8 Å². The lowest BCUT2D eigenvalue weighted by molar-refractivity contribution is -0.0647. The third kappa shape index (κ3) is 4.41. The number of nitrogens with one attached hydrogen (secondary N) is 1. The summed E-state index contributed by atoms with van der Waals surface area (Å²) in [6, 6.07) is 8.39. The summed E-state index contributed by atoms with van der Waals surface area (Å²) in [6.07, 6.45) is 4.99. The number of sulfone groups is 1. The number of hydrogen-bond donors (Lipinski definition) is 2. The maximum atomic E-state index is 13.7. The van der Waals surface area contributed by atoms with Gasteiger partial charge in [-0.05, 0) is 73.4 Å². The largest absolute Gasteiger partial charge is 0.385 e. The molecule has 0 aliphatic heterocycles. The predicted molar refractivity (Wildman–Crippen MR) is 130 cm³/mol. The molecule has 1 aromatic heterocycles. The van der Waals surface area contributed by atoms with Gasteiger partial charge in [0.2, 0.25) is 0 Å². The van der Waals surface area contributed by atoms with Crippen molar-refractivity contribution in [3.8, 4) is 0 Å². The van der Waals surface area contributed by atoms with Crippen molar-refractivity contribution >= 4 is 33.0 Å². The molecule has 1 heterocycles. The SMILES string of the molecule is O=C(Nc1cc(F)c(F)c(F)c1)c1ccc(Cl)c(S(=O)(=O)[C@H]2CC3CCC(C2)[C@]3(O)c2ccncc2)c1. The Morgan fingerprint density at radius 1 is 1.00 bits per heavy atom. The van der Waals surface area contributed by atoms with Gasteiger partial charge in [-0.3, -0.25) is 9.78 Å². The van der Waals surface area contributed by atoms with E-state index >= 15 is 0 Å². The lowest BCUT2D eigenvalue weighted by Gasteiger charge is -2.42. The number of nitrogens with zero attached hydrogens (tertiary/aromatic N) is 1. The minimum absolute atomic E-state index is 0.0715. The first-order valence-electron chi connectivity index (χ1n) is 11.6. The van der Waals surface area contributed by atoms with Crippen molar-refractivity contribution in [2.45, 2.75) is 41.4 Å². The van der Waals surface area contributed by atoms with E-state index < -0.39 is 44.0 Å². The van der Waals surface area contributed by atoms with E-state index in [1.807, 2.05) is 0 Å². The first kappa shape index (κ1) is 25.7. The Morgan fingerprint density at radius 2 is 1.59 bits per heavy atom. The number of carbonyl (C=O) groups excluding carboxylic acids is 1. The Labute approximate surface area is 216 Å². The van der Waals surface area contributed by atoms with Crippen LogP contribution in [0.3, 0.4) is 0 Å². The fourth-order valence-electron chi connectivity index (χ4n) is 5.72. The molecule has 1 amide bonds. The molecule has 11 heteroatoms. The zero-order valence-electron chi connectivity index (χ0n) is 19.3. The summed E-state index contributed by atoms with van der Waals surface area (Å²) in [4.78, 5) is 16.5. The molecule has 2 aromatic carbocycles. The normalized spacial score (nSPS) is 25.2. The zero-order chi connectivity index (χ0) is 26.5. The highest BCUT2D eigenvalue weighted by molar-refractivity contribution is 7.92. The van der Waals surface area contributed by atoms with Gasteiger partial charge in [0.05, 0.1) is 20.8 Å². The van der Waals surface area contributed by atoms with Crippen molar-refractivity contribution in [3.63, 3.8) is 0 Å². The number of amides is 1. The van der Waals surface area contributed by atoms with Crippen LogP contribution in [0.2, 0.25) is 5.02 Å². The van der Waals surface area contributed by atoms with E-state index in [4.69, 9.17) is 11.6 Å². The molecule has 6 nitrogen and oxygen atoms in total. The van der Waals surface area contributed by atoms with Crippen molar-refractivity contribution in [2.24, 2.45) is 11.8 Å². The van der Waals surface area contributed by atoms with Crippen LogP contribution in [0.25, 0.3) is 0 Å². The summed E-state index contributed by atoms with van der Waals surface area (Å²) in [5.41, 5.74) is -0.864. The molecular formula is C26H22ClF3N2O4S. The van der Waals surface area contributed by atoms with Gasteiger partial charge in [0.25, 0.3) is 5.91 Å². The smallest absolute Gasteiger partial charge is 0.255 e. The van der Waals surface area contributed by atoms with Crippen LogP contribution in [0.5, 0.6) is 0 Å². The minimum Gasteiger partial charge on any atom is -0.385 e. The van der Waals surface area contributed by atoms with E-state index in [0.717, 1.165) is 11.6 Å². The molecule has 2 unspecified atom stereocenters. The topological polar surface area (TPSA) is 96.4 Å². The molecule has 2 N–H and O–H groups in total. The van der Waals surface area contributed by atoms with Crippen molar-refractivity contribution in [2.75, 3.05) is 5.32 Å². The van der Waals surface area contributed by atoms with Gasteiger partial charge in [-0.25, -0.2) is 21.6 Å². The summed E-state index contributed by atoms with van der Waals surface area (Å²) in [5, 5.41) is 12.9. The Hall–Kier alpha value is -2.95. The number of halogens is 4. The first-order valence-corrected chi connectivity index (χ1v) is 13.6. The molecule has 2 saturated carbocycles. The molecule has 2 bridgehead atoms. The van der Waals surface area contributed by atoms with Gasteiger partial charge in [-0.2, -0.15) is 0 Å². The molecule has 2 aliphatic rings. The van der Waals surface area contributed by atoms with Gasteiger partial charge >= 0.3 is 0 Å². The third-order valence-electron chi connectivity index (χ3n) is 7.53. The van der Waals surface area contributed by atoms with Gasteiger partial charge in [0, 0.05) is 35.8 Å². The van der Waals surface area contributed by atoms with Crippen LogP contribution in [-0.2, 0) is 15.4 Å². The molecule has 5 rings (SSSR count). The highest BCUT2D eigenvalue weighted by Crippen LogP contribution is 2.56. The fraction of sp³-hybridized carbons (Fsp3) is 0.308. The molecule has 37 heavy (non-hydrogen) atoms. The molecule has 0 spiro atoms.